The second-order valence-corrected chi connectivity index (χ2v) is 7.74. The Bertz CT molecular complexity index is 1210. The number of carbonyl (C=O) groups excluding carboxylic acids is 1. The first-order valence-electron chi connectivity index (χ1n) is 8.73. The van der Waals surface area contributed by atoms with Crippen LogP contribution in [0.25, 0.3) is 15.9 Å². The van der Waals surface area contributed by atoms with Crippen LogP contribution in [0.5, 0.6) is 5.75 Å². The molecule has 0 atom stereocenters. The molecule has 0 unspecified atom stereocenters. The molecule has 0 saturated heterocycles. The number of hydrogen-bond donors (Lipinski definition) is 1. The molecule has 1 aromatic carbocycles. The van der Waals surface area contributed by atoms with Gasteiger partial charge < -0.3 is 14.5 Å². The van der Waals surface area contributed by atoms with Crippen molar-refractivity contribution in [3.63, 3.8) is 0 Å². The molecule has 0 aliphatic heterocycles. The summed E-state index contributed by atoms with van der Waals surface area (Å²) in [7, 11) is 0. The van der Waals surface area contributed by atoms with Crippen LogP contribution in [0.2, 0.25) is 0 Å². The minimum Gasteiger partial charge on any atom is -0.491 e. The van der Waals surface area contributed by atoms with E-state index in [2.05, 4.69) is 15.4 Å². The van der Waals surface area contributed by atoms with Gasteiger partial charge in [0.15, 0.2) is 0 Å². The maximum Gasteiger partial charge on any atom is 0.349 e. The van der Waals surface area contributed by atoms with Crippen LogP contribution in [0.1, 0.15) is 34.9 Å². The van der Waals surface area contributed by atoms with Gasteiger partial charge in [-0.05, 0) is 39.0 Å². The zero-order valence-corrected chi connectivity index (χ0v) is 16.4. The van der Waals surface area contributed by atoms with Gasteiger partial charge in [-0.1, -0.05) is 11.3 Å². The summed E-state index contributed by atoms with van der Waals surface area (Å²) in [4.78, 5) is 29.9. The molecule has 1 N–H and O–H groups in total. The highest BCUT2D eigenvalue weighted by Gasteiger charge is 2.15. The van der Waals surface area contributed by atoms with Crippen LogP contribution in [0.4, 0.5) is 0 Å². The number of benzene rings is 1. The molecule has 4 aromatic rings. The summed E-state index contributed by atoms with van der Waals surface area (Å²) < 4.78 is 12.6. The number of nitrogens with zero attached hydrogens (tertiary/aromatic N) is 3. The minimum atomic E-state index is -0.699. The molecule has 0 fully saturated rings. The van der Waals surface area contributed by atoms with Gasteiger partial charge in [-0.2, -0.15) is 5.10 Å². The van der Waals surface area contributed by atoms with Crippen LogP contribution in [0, 0.1) is 6.92 Å². The van der Waals surface area contributed by atoms with E-state index in [1.807, 2.05) is 20.8 Å². The standard InChI is InChI=1S/C19H18N4O4S/c1-10(2)26-14-5-4-12-6-15(18(25)27-16(12)7-14)17(24)20-8-13-9-23-19(21-13)28-11(3)22-23/h4-7,9-10H,8H2,1-3H3,(H,20,24). The van der Waals surface area contributed by atoms with Crippen LogP contribution in [-0.2, 0) is 6.54 Å². The van der Waals surface area contributed by atoms with Gasteiger partial charge in [-0.3, -0.25) is 4.79 Å². The van der Waals surface area contributed by atoms with Crippen molar-refractivity contribution in [1.82, 2.24) is 19.9 Å². The Morgan fingerprint density at radius 1 is 1.36 bits per heavy atom. The Morgan fingerprint density at radius 2 is 2.18 bits per heavy atom. The molecule has 0 aliphatic carbocycles. The van der Waals surface area contributed by atoms with E-state index >= 15 is 0 Å². The number of rotatable bonds is 5. The van der Waals surface area contributed by atoms with E-state index in [-0.39, 0.29) is 18.2 Å². The molecule has 9 heteroatoms. The molecule has 144 valence electrons. The highest BCUT2D eigenvalue weighted by Crippen LogP contribution is 2.21. The van der Waals surface area contributed by atoms with E-state index in [1.54, 1.807) is 28.9 Å². The Labute approximate surface area is 163 Å². The Kier molecular flexibility index (Phi) is 4.60. The third-order valence-electron chi connectivity index (χ3n) is 3.95. The highest BCUT2D eigenvalue weighted by atomic mass is 32.1. The van der Waals surface area contributed by atoms with Gasteiger partial charge >= 0.3 is 5.63 Å². The molecule has 0 spiro atoms. The molecule has 3 aromatic heterocycles. The summed E-state index contributed by atoms with van der Waals surface area (Å²) in [6.07, 6.45) is 1.75. The minimum absolute atomic E-state index is 0.00607. The molecule has 0 bridgehead atoms. The van der Waals surface area contributed by atoms with Gasteiger partial charge in [0.1, 0.15) is 21.9 Å². The molecule has 0 saturated carbocycles. The molecular formula is C19H18N4O4S. The Hall–Kier alpha value is -3.20. The summed E-state index contributed by atoms with van der Waals surface area (Å²) >= 11 is 1.46. The third kappa shape index (κ3) is 3.61. The highest BCUT2D eigenvalue weighted by molar-refractivity contribution is 7.16. The molecule has 1 amide bonds. The van der Waals surface area contributed by atoms with Gasteiger partial charge in [-0.25, -0.2) is 14.3 Å². The lowest BCUT2D eigenvalue weighted by molar-refractivity contribution is 0.0947. The number of imidazole rings is 1. The number of fused-ring (bicyclic) bond motifs is 2. The number of ether oxygens (including phenoxy) is 1. The fourth-order valence-electron chi connectivity index (χ4n) is 2.79. The summed E-state index contributed by atoms with van der Waals surface area (Å²) in [6, 6.07) is 6.69. The topological polar surface area (TPSA) is 98.7 Å². The van der Waals surface area contributed by atoms with Crippen molar-refractivity contribution in [2.75, 3.05) is 0 Å². The van der Waals surface area contributed by atoms with E-state index < -0.39 is 11.5 Å². The lowest BCUT2D eigenvalue weighted by Crippen LogP contribution is -2.28. The summed E-state index contributed by atoms with van der Waals surface area (Å²) in [5, 5.41) is 8.53. The first-order chi connectivity index (χ1) is 13.4. The van der Waals surface area contributed by atoms with E-state index in [1.165, 1.54) is 17.4 Å². The van der Waals surface area contributed by atoms with Crippen molar-refractivity contribution >= 4 is 33.2 Å². The first kappa shape index (κ1) is 18.2. The number of aromatic nitrogens is 3. The van der Waals surface area contributed by atoms with Gasteiger partial charge in [0, 0.05) is 11.5 Å². The average Bonchev–Trinajstić information content (AvgIpc) is 3.15. The summed E-state index contributed by atoms with van der Waals surface area (Å²) in [6.45, 7) is 5.91. The van der Waals surface area contributed by atoms with Crippen molar-refractivity contribution in [3.05, 3.63) is 57.1 Å². The fraction of sp³-hybridized carbons (Fsp3) is 0.263. The maximum atomic E-state index is 12.5. The zero-order valence-electron chi connectivity index (χ0n) is 15.6. The molecular weight excluding hydrogens is 380 g/mol. The number of hydrogen-bond acceptors (Lipinski definition) is 7. The first-order valence-corrected chi connectivity index (χ1v) is 9.55. The van der Waals surface area contributed by atoms with E-state index in [0.717, 1.165) is 9.97 Å². The fourth-order valence-corrected chi connectivity index (χ4v) is 3.53. The second-order valence-electron chi connectivity index (χ2n) is 6.58. The predicted octanol–water partition coefficient (Wildman–Crippen LogP) is 2.92. The van der Waals surface area contributed by atoms with Gasteiger partial charge in [0.05, 0.1) is 24.5 Å². The monoisotopic (exact) mass is 398 g/mol. The van der Waals surface area contributed by atoms with Crippen LogP contribution in [-0.4, -0.2) is 26.6 Å². The maximum absolute atomic E-state index is 12.5. The van der Waals surface area contributed by atoms with Gasteiger partial charge in [0.25, 0.3) is 5.91 Å². The smallest absolute Gasteiger partial charge is 0.349 e. The molecule has 8 nitrogen and oxygen atoms in total. The van der Waals surface area contributed by atoms with Crippen LogP contribution in [0.3, 0.4) is 0 Å². The van der Waals surface area contributed by atoms with Crippen molar-refractivity contribution < 1.29 is 13.9 Å². The van der Waals surface area contributed by atoms with Crippen molar-refractivity contribution in [2.24, 2.45) is 0 Å². The molecule has 4 rings (SSSR count). The molecule has 0 aliphatic rings. The van der Waals surface area contributed by atoms with E-state index in [9.17, 15) is 9.59 Å². The average molecular weight is 398 g/mol. The van der Waals surface area contributed by atoms with Crippen LogP contribution < -0.4 is 15.7 Å². The predicted molar refractivity (Wildman–Crippen MR) is 105 cm³/mol. The largest absolute Gasteiger partial charge is 0.491 e. The molecule has 0 radical (unpaired) electrons. The quantitative estimate of drug-likeness (QED) is 0.519. The van der Waals surface area contributed by atoms with Crippen molar-refractivity contribution in [2.45, 2.75) is 33.4 Å². The molecule has 28 heavy (non-hydrogen) atoms. The zero-order chi connectivity index (χ0) is 19.8. The number of amides is 1. The molecule has 3 heterocycles. The van der Waals surface area contributed by atoms with Crippen molar-refractivity contribution in [3.8, 4) is 5.75 Å². The number of carbonyl (C=O) groups is 1. The van der Waals surface area contributed by atoms with Crippen molar-refractivity contribution in [1.29, 1.82) is 0 Å². The van der Waals surface area contributed by atoms with Crippen LogP contribution >= 0.6 is 11.3 Å². The Morgan fingerprint density at radius 3 is 2.93 bits per heavy atom. The number of aryl methyl sites for hydroxylation is 1. The summed E-state index contributed by atoms with van der Waals surface area (Å²) in [5.74, 6) is 0.0881. The van der Waals surface area contributed by atoms with Crippen LogP contribution in [0.15, 0.2) is 39.7 Å². The SMILES string of the molecule is Cc1nn2cc(CNC(=O)c3cc4ccc(OC(C)C)cc4oc3=O)nc2s1. The summed E-state index contributed by atoms with van der Waals surface area (Å²) in [5.41, 5.74) is 0.276. The lowest BCUT2D eigenvalue weighted by Gasteiger charge is -2.10. The lowest BCUT2D eigenvalue weighted by atomic mass is 10.1. The normalized spacial score (nSPS) is 11.4. The van der Waals surface area contributed by atoms with E-state index in [0.29, 0.717) is 22.4 Å². The van der Waals surface area contributed by atoms with Gasteiger partial charge in [-0.15, -0.1) is 0 Å². The Balaban J connectivity index is 1.53. The third-order valence-corrected chi connectivity index (χ3v) is 4.79. The second kappa shape index (κ2) is 7.08. The van der Waals surface area contributed by atoms with Gasteiger partial charge in [0.2, 0.25) is 4.96 Å². The number of nitrogens with one attached hydrogen (secondary N) is 1. The van der Waals surface area contributed by atoms with E-state index in [4.69, 9.17) is 9.15 Å².